The van der Waals surface area contributed by atoms with Gasteiger partial charge in [0.15, 0.2) is 0 Å². The first-order valence-corrected chi connectivity index (χ1v) is 27.0. The Balaban J connectivity index is 0.000000245. The number of carboxylic acids is 3. The number of aliphatic carboxylic acids is 3. The van der Waals surface area contributed by atoms with E-state index >= 15 is 0 Å². The Morgan fingerprint density at radius 2 is 1.04 bits per heavy atom. The van der Waals surface area contributed by atoms with Crippen molar-refractivity contribution >= 4 is 47.2 Å². The molecule has 2 aliphatic carbocycles. The lowest BCUT2D eigenvalue weighted by Crippen LogP contribution is -2.51. The number of amides is 3. The number of likely N-dealkylation sites (N-methyl/N-ethyl adjacent to an activating group) is 2. The zero-order chi connectivity index (χ0) is 62.4. The van der Waals surface area contributed by atoms with E-state index in [1.807, 2.05) is 13.8 Å². The van der Waals surface area contributed by atoms with Crippen LogP contribution in [0.3, 0.4) is 0 Å². The number of ether oxygens (including phenoxy) is 3. The van der Waals surface area contributed by atoms with Gasteiger partial charge in [-0.15, -0.1) is 0 Å². The number of rotatable bonds is 16. The molecule has 0 aromatic heterocycles. The van der Waals surface area contributed by atoms with Crippen LogP contribution in [0.1, 0.15) is 140 Å². The first-order chi connectivity index (χ1) is 39.1. The van der Waals surface area contributed by atoms with Gasteiger partial charge in [0, 0.05) is 31.5 Å². The monoisotopic (exact) mass is 1190 g/mol. The van der Waals surface area contributed by atoms with Crippen LogP contribution in [0.15, 0.2) is 60.7 Å². The fraction of sp³-hybridized carbons (Fsp3) is 0.492. The summed E-state index contributed by atoms with van der Waals surface area (Å²) in [5, 5.41) is 28.4. The number of benzene rings is 4. The highest BCUT2D eigenvalue weighted by atomic mass is 19.4. The molecule has 4 aromatic rings. The molecular formula is C59H67F9N4O12. The molecule has 4 N–H and O–H groups in total. The van der Waals surface area contributed by atoms with Crippen LogP contribution in [0.4, 0.5) is 55.7 Å². The molecule has 0 bridgehead atoms. The number of carbonyl (C=O) groups is 6. The third-order valence-corrected chi connectivity index (χ3v) is 15.1. The average molecular weight is 1200 g/mol. The topological polar surface area (TPSA) is 213 Å². The maximum atomic E-state index is 13.8. The summed E-state index contributed by atoms with van der Waals surface area (Å²) >= 11 is 0. The summed E-state index contributed by atoms with van der Waals surface area (Å²) in [5.41, 5.74) is 4.10. The Bertz CT molecular complexity index is 3100. The van der Waals surface area contributed by atoms with Gasteiger partial charge in [0.1, 0.15) is 36.4 Å². The zero-order valence-corrected chi connectivity index (χ0v) is 47.2. The van der Waals surface area contributed by atoms with Crippen LogP contribution in [0.25, 0.3) is 0 Å². The lowest BCUT2D eigenvalue weighted by Gasteiger charge is -2.31. The van der Waals surface area contributed by atoms with E-state index in [9.17, 15) is 68.6 Å². The van der Waals surface area contributed by atoms with Gasteiger partial charge in [0.05, 0.1) is 30.0 Å². The zero-order valence-electron chi connectivity index (χ0n) is 47.2. The Kier molecular flexibility index (Phi) is 20.7. The normalized spacial score (nSPS) is 15.8. The van der Waals surface area contributed by atoms with E-state index in [0.29, 0.717) is 64.5 Å². The highest BCUT2D eigenvalue weighted by Gasteiger charge is 2.41. The molecule has 0 saturated heterocycles. The molecule has 0 spiro atoms. The van der Waals surface area contributed by atoms with Crippen molar-refractivity contribution in [3.05, 3.63) is 116 Å². The highest BCUT2D eigenvalue weighted by molar-refractivity contribution is 6.02. The predicted molar refractivity (Wildman–Crippen MR) is 288 cm³/mol. The van der Waals surface area contributed by atoms with E-state index in [4.69, 9.17) is 29.2 Å². The van der Waals surface area contributed by atoms with Crippen molar-refractivity contribution < 1.29 is 97.8 Å². The molecule has 2 aliphatic heterocycles. The second-order valence-corrected chi connectivity index (χ2v) is 22.0. The van der Waals surface area contributed by atoms with Crippen molar-refractivity contribution in [2.24, 2.45) is 0 Å². The Morgan fingerprint density at radius 1 is 0.631 bits per heavy atom. The molecule has 8 rings (SSSR count). The second kappa shape index (κ2) is 26.6. The summed E-state index contributed by atoms with van der Waals surface area (Å²) in [6, 6.07) is 13.5. The second-order valence-electron chi connectivity index (χ2n) is 22.0. The van der Waals surface area contributed by atoms with Gasteiger partial charge in [0.2, 0.25) is 5.91 Å². The average Bonchev–Trinajstić information content (AvgIpc) is 1.94. The molecule has 16 nitrogen and oxygen atoms in total. The number of anilines is 2. The maximum absolute atomic E-state index is 13.8. The summed E-state index contributed by atoms with van der Waals surface area (Å²) in [5.74, 6) is -4.98. The molecule has 2 saturated carbocycles. The van der Waals surface area contributed by atoms with Crippen LogP contribution in [0.5, 0.6) is 11.5 Å². The van der Waals surface area contributed by atoms with Gasteiger partial charge < -0.3 is 44.6 Å². The molecule has 0 radical (unpaired) electrons. The van der Waals surface area contributed by atoms with Crippen LogP contribution < -0.4 is 24.6 Å². The molecule has 458 valence electrons. The van der Waals surface area contributed by atoms with Gasteiger partial charge in [-0.25, -0.2) is 9.59 Å². The molecule has 0 unspecified atom stereocenters. The van der Waals surface area contributed by atoms with Gasteiger partial charge in [0.25, 0.3) is 5.91 Å². The van der Waals surface area contributed by atoms with E-state index in [1.165, 1.54) is 24.1 Å². The van der Waals surface area contributed by atoms with Gasteiger partial charge in [-0.3, -0.25) is 24.1 Å². The molecule has 2 fully saturated rings. The number of nitrogens with zero attached hydrogens (tertiary/aromatic N) is 3. The standard InChI is InChI=1S/C31H37F3N2O6.C26H29F3N2O4.C2HF3O2/c1-18-21-13-14-36(28(39)25(16-27(37)38)35(5)29(40)42-30(2,3)4)24(21)11-12-26(18)41-17-19-9-10-22(20-7-6-8-20)23(15-19)31(32,33)34;1-15-18-10-11-31(25(34)21(30-2)13-24(32)33)22(18)8-9-23(15)35-14-16-6-7-19(17-4-3-5-17)20(12-16)26(27,28)29;3-2(4,5)1(6)7/h9-12,15,20,25H,6-8,13-14,16-17H2,1-5H3,(H,37,38);6-9,12,17,21,30H,3-5,10-11,13-14H2,1-2H3,(H,32,33);(H,6,7)/t25-;21-;/m11./s1. The molecule has 4 aliphatic rings. The molecule has 2 heterocycles. The van der Waals surface area contributed by atoms with Gasteiger partial charge in [-0.1, -0.05) is 37.1 Å². The minimum Gasteiger partial charge on any atom is -0.489 e. The molecule has 3 amide bonds. The van der Waals surface area contributed by atoms with E-state index in [1.54, 1.807) is 81.2 Å². The van der Waals surface area contributed by atoms with Gasteiger partial charge >= 0.3 is 42.5 Å². The Morgan fingerprint density at radius 3 is 1.37 bits per heavy atom. The molecule has 25 heteroatoms. The minimum absolute atomic E-state index is 0.00324. The van der Waals surface area contributed by atoms with Crippen molar-refractivity contribution in [1.29, 1.82) is 0 Å². The third kappa shape index (κ3) is 16.2. The first kappa shape index (κ1) is 65.6. The lowest BCUT2D eigenvalue weighted by molar-refractivity contribution is -0.192. The lowest BCUT2D eigenvalue weighted by atomic mass is 9.78. The number of hydrogen-bond acceptors (Lipinski definition) is 10. The number of alkyl halides is 9. The number of carbonyl (C=O) groups excluding carboxylic acids is 3. The SMILES string of the molecule is CN[C@H](CC(=O)O)C(=O)N1CCc2c1ccc(OCc1ccc(C3CCC3)c(C(F)(F)F)c1)c2C.Cc1c(OCc2ccc(C3CCC3)c(C(F)(F)F)c2)ccc2c1CCN2C(=O)[C@@H](CC(=O)O)N(C)C(=O)OC(C)(C)C.O=C(O)C(F)(F)F. The molecular weight excluding hydrogens is 1130 g/mol. The summed E-state index contributed by atoms with van der Waals surface area (Å²) in [6.07, 6.45) is -9.61. The number of fused-ring (bicyclic) bond motifs is 2. The molecule has 4 aromatic carbocycles. The van der Waals surface area contributed by atoms with Crippen molar-refractivity contribution in [2.75, 3.05) is 37.0 Å². The van der Waals surface area contributed by atoms with Crippen molar-refractivity contribution in [1.82, 2.24) is 10.2 Å². The maximum Gasteiger partial charge on any atom is 0.490 e. The summed E-state index contributed by atoms with van der Waals surface area (Å²) < 4.78 is 131. The van der Waals surface area contributed by atoms with Crippen molar-refractivity contribution in [3.8, 4) is 11.5 Å². The summed E-state index contributed by atoms with van der Waals surface area (Å²) in [4.78, 5) is 74.7. The smallest absolute Gasteiger partial charge is 0.489 e. The minimum atomic E-state index is -5.08. The van der Waals surface area contributed by atoms with Crippen LogP contribution in [0.2, 0.25) is 0 Å². The van der Waals surface area contributed by atoms with Crippen LogP contribution in [-0.4, -0.2) is 107 Å². The highest BCUT2D eigenvalue weighted by Crippen LogP contribution is 2.46. The largest absolute Gasteiger partial charge is 0.490 e. The van der Waals surface area contributed by atoms with Crippen molar-refractivity contribution in [3.63, 3.8) is 0 Å². The van der Waals surface area contributed by atoms with Crippen LogP contribution in [-0.2, 0) is 67.1 Å². The third-order valence-electron chi connectivity index (χ3n) is 15.1. The predicted octanol–water partition coefficient (Wildman–Crippen LogP) is 11.9. The molecule has 84 heavy (non-hydrogen) atoms. The molecule has 2 atom stereocenters. The number of hydrogen-bond donors (Lipinski definition) is 4. The van der Waals surface area contributed by atoms with Crippen LogP contribution in [0, 0.1) is 13.8 Å². The van der Waals surface area contributed by atoms with Crippen molar-refractivity contribution in [2.45, 2.75) is 160 Å². The van der Waals surface area contributed by atoms with Gasteiger partial charge in [-0.2, -0.15) is 39.5 Å². The summed E-state index contributed by atoms with van der Waals surface area (Å²) in [7, 11) is 2.88. The Labute approximate surface area is 478 Å². The fourth-order valence-electron chi connectivity index (χ4n) is 10.3. The van der Waals surface area contributed by atoms with E-state index < -0.39 is 83.7 Å². The van der Waals surface area contributed by atoms with E-state index in [2.05, 4.69) is 5.32 Å². The summed E-state index contributed by atoms with van der Waals surface area (Å²) in [6.45, 7) is 9.32. The van der Waals surface area contributed by atoms with E-state index in [0.717, 1.165) is 65.7 Å². The van der Waals surface area contributed by atoms with Crippen LogP contribution >= 0.6 is 0 Å². The van der Waals surface area contributed by atoms with Gasteiger partial charge in [-0.05, 0) is 173 Å². The number of carboxylic acid groups (broad SMARTS) is 3. The first-order valence-electron chi connectivity index (χ1n) is 27.0. The fourth-order valence-corrected chi connectivity index (χ4v) is 10.3. The van der Waals surface area contributed by atoms with E-state index in [-0.39, 0.29) is 43.9 Å². The quantitative estimate of drug-likeness (QED) is 0.0770. The Hall–Kier alpha value is -7.57. The number of halogens is 9. The number of nitrogens with one attached hydrogen (secondary N) is 1.